The second-order valence-electron chi connectivity index (χ2n) is 3.17. The second kappa shape index (κ2) is 5.02. The maximum atomic E-state index is 12.4. The van der Waals surface area contributed by atoms with E-state index in [0.717, 1.165) is 12.1 Å². The van der Waals surface area contributed by atoms with Gasteiger partial charge in [0.05, 0.1) is 5.56 Å². The number of hydrogen-bond donors (Lipinski definition) is 3. The highest BCUT2D eigenvalue weighted by atomic mass is 19.4. The van der Waals surface area contributed by atoms with Crippen LogP contribution in [0, 0.1) is 0 Å². The standard InChI is InChI=1S/C9H12F3N3O/c10-9(11,12)6-4-7(13)15-8(5-6)14-2-1-3-16/h4-5,16H,1-3H2,(H3,13,14,15). The molecule has 0 fully saturated rings. The molecule has 1 rings (SSSR count). The number of aliphatic hydroxyl groups is 1. The minimum atomic E-state index is -4.44. The summed E-state index contributed by atoms with van der Waals surface area (Å²) in [5, 5.41) is 11.2. The van der Waals surface area contributed by atoms with Gasteiger partial charge in [0.15, 0.2) is 0 Å². The van der Waals surface area contributed by atoms with E-state index >= 15 is 0 Å². The molecule has 0 aromatic carbocycles. The largest absolute Gasteiger partial charge is 0.416 e. The lowest BCUT2D eigenvalue weighted by Crippen LogP contribution is -2.11. The molecular weight excluding hydrogens is 223 g/mol. The van der Waals surface area contributed by atoms with Crippen molar-refractivity contribution in [3.63, 3.8) is 0 Å². The van der Waals surface area contributed by atoms with E-state index in [1.165, 1.54) is 0 Å². The molecule has 0 aliphatic rings. The van der Waals surface area contributed by atoms with Crippen LogP contribution in [0.25, 0.3) is 0 Å². The van der Waals surface area contributed by atoms with E-state index in [9.17, 15) is 13.2 Å². The van der Waals surface area contributed by atoms with Gasteiger partial charge in [-0.25, -0.2) is 4.98 Å². The molecule has 0 amide bonds. The van der Waals surface area contributed by atoms with Gasteiger partial charge in [0.2, 0.25) is 0 Å². The molecule has 4 nitrogen and oxygen atoms in total. The lowest BCUT2D eigenvalue weighted by molar-refractivity contribution is -0.137. The SMILES string of the molecule is Nc1cc(C(F)(F)F)cc(NCCCO)n1. The average molecular weight is 235 g/mol. The van der Waals surface area contributed by atoms with Gasteiger partial charge < -0.3 is 16.2 Å². The van der Waals surface area contributed by atoms with Gasteiger partial charge in [-0.05, 0) is 18.6 Å². The smallest absolute Gasteiger partial charge is 0.396 e. The van der Waals surface area contributed by atoms with Crippen molar-refractivity contribution in [1.29, 1.82) is 0 Å². The first-order valence-corrected chi connectivity index (χ1v) is 4.63. The third-order valence-electron chi connectivity index (χ3n) is 1.81. The molecule has 0 spiro atoms. The molecule has 16 heavy (non-hydrogen) atoms. The van der Waals surface area contributed by atoms with Crippen LogP contribution in [0.15, 0.2) is 12.1 Å². The van der Waals surface area contributed by atoms with E-state index in [4.69, 9.17) is 10.8 Å². The van der Waals surface area contributed by atoms with Gasteiger partial charge in [0.1, 0.15) is 11.6 Å². The predicted molar refractivity (Wildman–Crippen MR) is 53.8 cm³/mol. The maximum Gasteiger partial charge on any atom is 0.416 e. The molecule has 1 aromatic rings. The summed E-state index contributed by atoms with van der Waals surface area (Å²) in [7, 11) is 0. The van der Waals surface area contributed by atoms with E-state index in [2.05, 4.69) is 10.3 Å². The minimum Gasteiger partial charge on any atom is -0.396 e. The Bertz CT molecular complexity index is 354. The molecule has 7 heteroatoms. The number of alkyl halides is 3. The summed E-state index contributed by atoms with van der Waals surface area (Å²) in [4.78, 5) is 3.70. The van der Waals surface area contributed by atoms with Crippen molar-refractivity contribution in [1.82, 2.24) is 4.98 Å². The van der Waals surface area contributed by atoms with Gasteiger partial charge in [-0.1, -0.05) is 0 Å². The van der Waals surface area contributed by atoms with Crippen LogP contribution in [-0.4, -0.2) is 23.2 Å². The molecule has 1 heterocycles. The minimum absolute atomic E-state index is 0.0402. The number of nitrogens with two attached hydrogens (primary N) is 1. The molecular formula is C9H12F3N3O. The van der Waals surface area contributed by atoms with Crippen molar-refractivity contribution in [2.75, 3.05) is 24.2 Å². The molecule has 0 unspecified atom stereocenters. The van der Waals surface area contributed by atoms with Crippen molar-refractivity contribution >= 4 is 11.6 Å². The molecule has 0 aliphatic heterocycles. The van der Waals surface area contributed by atoms with E-state index < -0.39 is 11.7 Å². The number of hydrogen-bond acceptors (Lipinski definition) is 4. The van der Waals surface area contributed by atoms with Crippen LogP contribution < -0.4 is 11.1 Å². The van der Waals surface area contributed by atoms with E-state index in [0.29, 0.717) is 13.0 Å². The van der Waals surface area contributed by atoms with Crippen molar-refractivity contribution < 1.29 is 18.3 Å². The predicted octanol–water partition coefficient (Wildman–Crippen LogP) is 1.48. The lowest BCUT2D eigenvalue weighted by atomic mass is 10.2. The van der Waals surface area contributed by atoms with E-state index in [-0.39, 0.29) is 18.2 Å². The molecule has 0 saturated carbocycles. The zero-order valence-electron chi connectivity index (χ0n) is 8.38. The molecule has 0 bridgehead atoms. The van der Waals surface area contributed by atoms with Crippen molar-refractivity contribution in [3.05, 3.63) is 17.7 Å². The monoisotopic (exact) mass is 235 g/mol. The zero-order valence-corrected chi connectivity index (χ0v) is 8.38. The fraction of sp³-hybridized carbons (Fsp3) is 0.444. The molecule has 0 aliphatic carbocycles. The van der Waals surface area contributed by atoms with Crippen LogP contribution in [0.2, 0.25) is 0 Å². The lowest BCUT2D eigenvalue weighted by Gasteiger charge is -2.10. The fourth-order valence-corrected chi connectivity index (χ4v) is 1.10. The highest BCUT2D eigenvalue weighted by Gasteiger charge is 2.31. The van der Waals surface area contributed by atoms with Gasteiger partial charge in [-0.2, -0.15) is 13.2 Å². The zero-order chi connectivity index (χ0) is 12.2. The molecule has 0 atom stereocenters. The van der Waals surface area contributed by atoms with Crippen molar-refractivity contribution in [3.8, 4) is 0 Å². The van der Waals surface area contributed by atoms with Gasteiger partial charge in [0.25, 0.3) is 0 Å². The summed E-state index contributed by atoms with van der Waals surface area (Å²) in [6.07, 6.45) is -4.01. The first kappa shape index (κ1) is 12.6. The summed E-state index contributed by atoms with van der Waals surface area (Å²) < 4.78 is 37.2. The van der Waals surface area contributed by atoms with Crippen LogP contribution in [0.5, 0.6) is 0 Å². The van der Waals surface area contributed by atoms with Crippen molar-refractivity contribution in [2.24, 2.45) is 0 Å². The third-order valence-corrected chi connectivity index (χ3v) is 1.81. The number of nitrogens with zero attached hydrogens (tertiary/aromatic N) is 1. The number of rotatable bonds is 4. The van der Waals surface area contributed by atoms with Crippen LogP contribution in [-0.2, 0) is 6.18 Å². The number of aliphatic hydroxyl groups excluding tert-OH is 1. The number of nitrogens with one attached hydrogen (secondary N) is 1. The number of halogens is 3. The summed E-state index contributed by atoms with van der Waals surface area (Å²) in [6, 6.07) is 1.66. The van der Waals surface area contributed by atoms with Crippen LogP contribution >= 0.6 is 0 Å². The normalized spacial score (nSPS) is 11.5. The van der Waals surface area contributed by atoms with Crippen molar-refractivity contribution in [2.45, 2.75) is 12.6 Å². The Morgan fingerprint density at radius 3 is 2.62 bits per heavy atom. The summed E-state index contributed by atoms with van der Waals surface area (Å²) in [5.74, 6) is -0.137. The van der Waals surface area contributed by atoms with Gasteiger partial charge in [-0.15, -0.1) is 0 Å². The second-order valence-corrected chi connectivity index (χ2v) is 3.17. The third kappa shape index (κ3) is 3.58. The Labute approximate surface area is 90.3 Å². The Balaban J connectivity index is 2.82. The average Bonchev–Trinajstić information content (AvgIpc) is 2.16. The highest BCUT2D eigenvalue weighted by molar-refractivity contribution is 5.47. The van der Waals surface area contributed by atoms with Gasteiger partial charge >= 0.3 is 6.18 Å². The topological polar surface area (TPSA) is 71.2 Å². The summed E-state index contributed by atoms with van der Waals surface area (Å²) in [5.41, 5.74) is 4.42. The fourth-order valence-electron chi connectivity index (χ4n) is 1.10. The summed E-state index contributed by atoms with van der Waals surface area (Å²) in [6.45, 7) is 0.297. The first-order valence-electron chi connectivity index (χ1n) is 4.63. The Kier molecular flexibility index (Phi) is 3.94. The van der Waals surface area contributed by atoms with Crippen LogP contribution in [0.4, 0.5) is 24.8 Å². The van der Waals surface area contributed by atoms with E-state index in [1.54, 1.807) is 0 Å². The molecule has 90 valence electrons. The molecule has 0 radical (unpaired) electrons. The number of pyridine rings is 1. The number of aromatic nitrogens is 1. The number of nitrogen functional groups attached to an aromatic ring is 1. The highest BCUT2D eigenvalue weighted by Crippen LogP contribution is 2.31. The van der Waals surface area contributed by atoms with E-state index in [1.807, 2.05) is 0 Å². The first-order chi connectivity index (χ1) is 7.43. The van der Waals surface area contributed by atoms with Crippen LogP contribution in [0.1, 0.15) is 12.0 Å². The maximum absolute atomic E-state index is 12.4. The molecule has 1 aromatic heterocycles. The quantitative estimate of drug-likeness (QED) is 0.691. The Morgan fingerprint density at radius 1 is 1.38 bits per heavy atom. The molecule has 4 N–H and O–H groups in total. The summed E-state index contributed by atoms with van der Waals surface area (Å²) >= 11 is 0. The molecule has 0 saturated heterocycles. The van der Waals surface area contributed by atoms with Gasteiger partial charge in [0, 0.05) is 13.2 Å². The van der Waals surface area contributed by atoms with Gasteiger partial charge in [-0.3, -0.25) is 0 Å². The van der Waals surface area contributed by atoms with Crippen LogP contribution in [0.3, 0.4) is 0 Å². The Morgan fingerprint density at radius 2 is 2.06 bits per heavy atom. The Hall–Kier alpha value is -1.50. The number of anilines is 2.